The van der Waals surface area contributed by atoms with E-state index in [1.165, 1.54) is 48.7 Å². The molecular formula is C24H18N6O8. The average molecular weight is 518 g/mol. The van der Waals surface area contributed by atoms with Gasteiger partial charge in [-0.05, 0) is 61.0 Å². The van der Waals surface area contributed by atoms with Crippen molar-refractivity contribution in [1.82, 2.24) is 5.43 Å². The Kier molecular flexibility index (Phi) is 8.61. The molecular weight excluding hydrogens is 500 g/mol. The summed E-state index contributed by atoms with van der Waals surface area (Å²) in [5, 5.41) is 37.2. The van der Waals surface area contributed by atoms with E-state index in [-0.39, 0.29) is 23.9 Å². The number of nitro groups is 2. The number of nitrogens with one attached hydrogen (secondary N) is 2. The number of nitrogens with zero attached hydrogens (tertiary/aromatic N) is 4. The highest BCUT2D eigenvalue weighted by Crippen LogP contribution is 2.38. The molecule has 14 nitrogen and oxygen atoms in total. The fraction of sp³-hybridized carbons (Fsp3) is 0.0833. The maximum absolute atomic E-state index is 12.0. The molecule has 2 amide bonds. The molecule has 0 saturated carbocycles. The number of amides is 2. The minimum absolute atomic E-state index is 0.0896. The summed E-state index contributed by atoms with van der Waals surface area (Å²) in [7, 11) is 0. The van der Waals surface area contributed by atoms with E-state index in [9.17, 15) is 29.8 Å². The van der Waals surface area contributed by atoms with Gasteiger partial charge in [-0.25, -0.2) is 5.43 Å². The Balaban J connectivity index is 1.71. The van der Waals surface area contributed by atoms with Crippen LogP contribution in [-0.4, -0.2) is 34.5 Å². The van der Waals surface area contributed by atoms with Gasteiger partial charge in [0.25, 0.3) is 5.69 Å². The zero-order chi connectivity index (χ0) is 27.7. The van der Waals surface area contributed by atoms with Crippen molar-refractivity contribution in [2.45, 2.75) is 6.92 Å². The zero-order valence-corrected chi connectivity index (χ0v) is 19.6. The average Bonchev–Trinajstić information content (AvgIpc) is 2.90. The third kappa shape index (κ3) is 6.86. The molecule has 0 radical (unpaired) electrons. The molecule has 0 aromatic heterocycles. The molecule has 0 aliphatic rings. The fourth-order valence-corrected chi connectivity index (χ4v) is 2.96. The Labute approximate surface area is 214 Å². The van der Waals surface area contributed by atoms with Crippen LogP contribution in [0.4, 0.5) is 17.1 Å². The maximum Gasteiger partial charge on any atom is 0.329 e. The van der Waals surface area contributed by atoms with Crippen molar-refractivity contribution < 1.29 is 28.9 Å². The van der Waals surface area contributed by atoms with Gasteiger partial charge in [0.15, 0.2) is 11.5 Å². The van der Waals surface area contributed by atoms with Crippen molar-refractivity contribution in [3.05, 3.63) is 92.0 Å². The standard InChI is InChI=1S/C24H18N6O8/c1-2-37-22-11-16(14-26-28-24(32)23(31)27-17-6-3-15(13-25)4-7-17)5-9-21(22)38-20-10-8-18(29(33)34)12-19(20)30(35)36/h3-12,14H,2H2,1H3,(H,27,31)(H,28,32). The summed E-state index contributed by atoms with van der Waals surface area (Å²) in [6, 6.07) is 15.2. The summed E-state index contributed by atoms with van der Waals surface area (Å²) in [4.78, 5) is 44.8. The van der Waals surface area contributed by atoms with Gasteiger partial charge in [0.2, 0.25) is 5.75 Å². The maximum atomic E-state index is 12.0. The van der Waals surface area contributed by atoms with E-state index in [1.54, 1.807) is 6.92 Å². The SMILES string of the molecule is CCOc1cc(C=NNC(=O)C(=O)Nc2ccc(C#N)cc2)ccc1Oc1ccc([N+](=O)[O-])cc1[N+](=O)[O-]. The van der Waals surface area contributed by atoms with E-state index >= 15 is 0 Å². The number of rotatable bonds is 9. The summed E-state index contributed by atoms with van der Waals surface area (Å²) in [6.07, 6.45) is 1.23. The van der Waals surface area contributed by atoms with Gasteiger partial charge in [0.1, 0.15) is 0 Å². The largest absolute Gasteiger partial charge is 0.490 e. The fourth-order valence-electron chi connectivity index (χ4n) is 2.96. The normalized spacial score (nSPS) is 10.3. The first-order chi connectivity index (χ1) is 18.2. The molecule has 3 rings (SSSR count). The second-order valence-electron chi connectivity index (χ2n) is 7.25. The van der Waals surface area contributed by atoms with Gasteiger partial charge >= 0.3 is 17.5 Å². The van der Waals surface area contributed by atoms with Crippen LogP contribution in [0.3, 0.4) is 0 Å². The second-order valence-corrected chi connectivity index (χ2v) is 7.25. The summed E-state index contributed by atoms with van der Waals surface area (Å²) in [5.74, 6) is -1.99. The summed E-state index contributed by atoms with van der Waals surface area (Å²) in [5.41, 5.74) is 2.15. The number of non-ortho nitro benzene ring substituents is 1. The van der Waals surface area contributed by atoms with E-state index in [2.05, 4.69) is 15.8 Å². The van der Waals surface area contributed by atoms with E-state index < -0.39 is 33.0 Å². The highest BCUT2D eigenvalue weighted by atomic mass is 16.6. The van der Waals surface area contributed by atoms with Crippen LogP contribution < -0.4 is 20.2 Å². The van der Waals surface area contributed by atoms with Crippen LogP contribution in [0.25, 0.3) is 0 Å². The Morgan fingerprint density at radius 1 is 0.974 bits per heavy atom. The summed E-state index contributed by atoms with van der Waals surface area (Å²) < 4.78 is 11.1. The van der Waals surface area contributed by atoms with Crippen molar-refractivity contribution in [3.8, 4) is 23.3 Å². The number of hydrazone groups is 1. The lowest BCUT2D eigenvalue weighted by atomic mass is 10.2. The van der Waals surface area contributed by atoms with Gasteiger partial charge in [-0.3, -0.25) is 29.8 Å². The minimum Gasteiger partial charge on any atom is -0.490 e. The van der Waals surface area contributed by atoms with Crippen LogP contribution in [0.15, 0.2) is 65.8 Å². The van der Waals surface area contributed by atoms with Crippen LogP contribution in [0, 0.1) is 31.6 Å². The number of anilines is 1. The molecule has 192 valence electrons. The topological polar surface area (TPSA) is 199 Å². The smallest absolute Gasteiger partial charge is 0.329 e. The highest BCUT2D eigenvalue weighted by molar-refractivity contribution is 6.39. The number of nitro benzene ring substituents is 2. The van der Waals surface area contributed by atoms with Crippen LogP contribution in [0.2, 0.25) is 0 Å². The molecule has 14 heteroatoms. The first-order valence-corrected chi connectivity index (χ1v) is 10.7. The van der Waals surface area contributed by atoms with Gasteiger partial charge in [-0.1, -0.05) is 0 Å². The lowest BCUT2D eigenvalue weighted by molar-refractivity contribution is -0.394. The molecule has 0 aliphatic heterocycles. The molecule has 2 N–H and O–H groups in total. The Bertz CT molecular complexity index is 1460. The van der Waals surface area contributed by atoms with Crippen LogP contribution in [-0.2, 0) is 9.59 Å². The molecule has 3 aromatic carbocycles. The molecule has 0 unspecified atom stereocenters. The minimum atomic E-state index is -1.04. The zero-order valence-electron chi connectivity index (χ0n) is 19.6. The Morgan fingerprint density at radius 3 is 2.32 bits per heavy atom. The van der Waals surface area contributed by atoms with E-state index in [4.69, 9.17) is 14.7 Å². The van der Waals surface area contributed by atoms with Crippen LogP contribution in [0.1, 0.15) is 18.1 Å². The molecule has 0 aliphatic carbocycles. The molecule has 38 heavy (non-hydrogen) atoms. The number of nitriles is 1. The van der Waals surface area contributed by atoms with E-state index in [0.29, 0.717) is 16.8 Å². The molecule has 3 aromatic rings. The number of ether oxygens (including phenoxy) is 2. The number of carbonyl (C=O) groups excluding carboxylic acids is 2. The van der Waals surface area contributed by atoms with Crippen LogP contribution in [0.5, 0.6) is 17.2 Å². The molecule has 0 saturated heterocycles. The molecule has 0 heterocycles. The summed E-state index contributed by atoms with van der Waals surface area (Å²) in [6.45, 7) is 1.91. The van der Waals surface area contributed by atoms with Crippen molar-refractivity contribution >= 4 is 35.1 Å². The van der Waals surface area contributed by atoms with Crippen molar-refractivity contribution in [2.75, 3.05) is 11.9 Å². The van der Waals surface area contributed by atoms with Gasteiger partial charge in [-0.2, -0.15) is 10.4 Å². The lowest BCUT2D eigenvalue weighted by Gasteiger charge is -2.12. The third-order valence-electron chi connectivity index (χ3n) is 4.70. The van der Waals surface area contributed by atoms with Gasteiger partial charge in [0.05, 0.1) is 40.4 Å². The van der Waals surface area contributed by atoms with Crippen molar-refractivity contribution in [1.29, 1.82) is 5.26 Å². The lowest BCUT2D eigenvalue weighted by Crippen LogP contribution is -2.32. The van der Waals surface area contributed by atoms with E-state index in [1.807, 2.05) is 6.07 Å². The third-order valence-corrected chi connectivity index (χ3v) is 4.70. The summed E-state index contributed by atoms with van der Waals surface area (Å²) >= 11 is 0. The van der Waals surface area contributed by atoms with E-state index in [0.717, 1.165) is 18.2 Å². The van der Waals surface area contributed by atoms with Gasteiger partial charge < -0.3 is 14.8 Å². The quantitative estimate of drug-likeness (QED) is 0.184. The van der Waals surface area contributed by atoms with Crippen LogP contribution >= 0.6 is 0 Å². The number of hydrogen-bond donors (Lipinski definition) is 2. The van der Waals surface area contributed by atoms with Crippen molar-refractivity contribution in [2.24, 2.45) is 5.10 Å². The Morgan fingerprint density at radius 2 is 1.68 bits per heavy atom. The predicted molar refractivity (Wildman–Crippen MR) is 133 cm³/mol. The monoisotopic (exact) mass is 518 g/mol. The first kappa shape index (κ1) is 26.8. The molecule has 0 bridgehead atoms. The molecule has 0 spiro atoms. The Hall–Kier alpha value is -5.84. The number of benzene rings is 3. The number of hydrogen-bond acceptors (Lipinski definition) is 10. The highest BCUT2D eigenvalue weighted by Gasteiger charge is 2.22. The second kappa shape index (κ2) is 12.2. The number of carbonyl (C=O) groups is 2. The van der Waals surface area contributed by atoms with Gasteiger partial charge in [-0.15, -0.1) is 0 Å². The van der Waals surface area contributed by atoms with Gasteiger partial charge in [0, 0.05) is 11.8 Å². The van der Waals surface area contributed by atoms with Crippen molar-refractivity contribution in [3.63, 3.8) is 0 Å². The predicted octanol–water partition coefficient (Wildman–Crippen LogP) is 3.65. The molecule has 0 fully saturated rings. The first-order valence-electron chi connectivity index (χ1n) is 10.7. The molecule has 0 atom stereocenters.